The summed E-state index contributed by atoms with van der Waals surface area (Å²) < 4.78 is 10.8. The summed E-state index contributed by atoms with van der Waals surface area (Å²) in [7, 11) is 0. The summed E-state index contributed by atoms with van der Waals surface area (Å²) in [5.41, 5.74) is 0. The molecule has 0 amide bonds. The number of allylic oxidation sites excluding steroid dienone is 1. The fourth-order valence-corrected chi connectivity index (χ4v) is 4.21. The second-order valence-corrected chi connectivity index (χ2v) is 9.12. The smallest absolute Gasteiger partial charge is 0.114 e. The highest BCUT2D eigenvalue weighted by Crippen LogP contribution is 2.18. The van der Waals surface area contributed by atoms with Gasteiger partial charge < -0.3 is 24.8 Å². The maximum atomic E-state index is 10.1. The monoisotopic (exact) mass is 442 g/mol. The molecule has 0 aromatic carbocycles. The molecule has 5 heteroatoms. The number of ether oxygens (including phenoxy) is 2. The van der Waals surface area contributed by atoms with E-state index in [1.165, 1.54) is 96.3 Å². The van der Waals surface area contributed by atoms with Crippen LogP contribution in [0.25, 0.3) is 0 Å². The lowest BCUT2D eigenvalue weighted by Crippen LogP contribution is -2.55. The van der Waals surface area contributed by atoms with Crippen LogP contribution < -0.4 is 0 Å². The summed E-state index contributed by atoms with van der Waals surface area (Å²) in [6.07, 6.45) is 22.5. The third-order valence-corrected chi connectivity index (χ3v) is 6.28. The van der Waals surface area contributed by atoms with Gasteiger partial charge in [0, 0.05) is 0 Å². The van der Waals surface area contributed by atoms with E-state index in [4.69, 9.17) is 14.6 Å². The first-order valence-corrected chi connectivity index (χ1v) is 13.1. The van der Waals surface area contributed by atoms with Crippen molar-refractivity contribution in [3.05, 3.63) is 12.2 Å². The molecule has 5 nitrogen and oxygen atoms in total. The standard InChI is InChI=1S/C26H50O5/c1-2-3-4-5-6-7-8-9-10-11-12-13-14-15-16-17-18-19-20-30-26-23(28)22-31-24(21-27)25(26)29/h18-19,23-29H,2-17,20-22H2,1H3/b19-18+/t23-,24+,25+,26+/m1/s1. The molecular formula is C26H50O5. The average molecular weight is 443 g/mol. The van der Waals surface area contributed by atoms with Gasteiger partial charge >= 0.3 is 0 Å². The van der Waals surface area contributed by atoms with Crippen LogP contribution in [0.2, 0.25) is 0 Å². The molecule has 0 aliphatic carbocycles. The van der Waals surface area contributed by atoms with Crippen molar-refractivity contribution in [2.45, 2.75) is 134 Å². The van der Waals surface area contributed by atoms with Gasteiger partial charge in [0.25, 0.3) is 0 Å². The molecular weight excluding hydrogens is 392 g/mol. The van der Waals surface area contributed by atoms with Gasteiger partial charge in [0.2, 0.25) is 0 Å². The molecule has 0 unspecified atom stereocenters. The molecule has 4 atom stereocenters. The van der Waals surface area contributed by atoms with Gasteiger partial charge in [0.05, 0.1) is 19.8 Å². The summed E-state index contributed by atoms with van der Waals surface area (Å²) in [6, 6.07) is 0. The minimum Gasteiger partial charge on any atom is -0.394 e. The van der Waals surface area contributed by atoms with Crippen LogP contribution in [0.3, 0.4) is 0 Å². The minimum absolute atomic E-state index is 0.0792. The Kier molecular flexibility index (Phi) is 18.6. The second kappa shape index (κ2) is 20.2. The van der Waals surface area contributed by atoms with Crippen LogP contribution in [-0.2, 0) is 9.47 Å². The summed E-state index contributed by atoms with van der Waals surface area (Å²) in [5.74, 6) is 0. The first-order valence-electron chi connectivity index (χ1n) is 13.1. The SMILES string of the molecule is CCCCCCCCCCCCCCCCC/C=C/CO[C@@H]1[C@@H](O)[C@H](CO)OC[C@H]1O. The molecule has 1 fully saturated rings. The van der Waals surface area contributed by atoms with Gasteiger partial charge in [-0.1, -0.05) is 109 Å². The van der Waals surface area contributed by atoms with Crippen molar-refractivity contribution < 1.29 is 24.8 Å². The minimum atomic E-state index is -1.00. The first-order chi connectivity index (χ1) is 15.2. The van der Waals surface area contributed by atoms with E-state index >= 15 is 0 Å². The Labute approximate surface area is 191 Å². The van der Waals surface area contributed by atoms with Crippen LogP contribution in [0, 0.1) is 0 Å². The number of hydrogen-bond donors (Lipinski definition) is 3. The molecule has 0 spiro atoms. The highest BCUT2D eigenvalue weighted by Gasteiger charge is 2.38. The van der Waals surface area contributed by atoms with Crippen LogP contribution >= 0.6 is 0 Å². The predicted molar refractivity (Wildman–Crippen MR) is 127 cm³/mol. The van der Waals surface area contributed by atoms with E-state index in [9.17, 15) is 10.2 Å². The van der Waals surface area contributed by atoms with Gasteiger partial charge in [-0.25, -0.2) is 0 Å². The van der Waals surface area contributed by atoms with Gasteiger partial charge in [0.15, 0.2) is 0 Å². The summed E-state index contributed by atoms with van der Waals surface area (Å²) in [4.78, 5) is 0. The van der Waals surface area contributed by atoms with Gasteiger partial charge in [0.1, 0.15) is 24.4 Å². The van der Waals surface area contributed by atoms with E-state index in [1.54, 1.807) is 0 Å². The third kappa shape index (κ3) is 14.3. The number of rotatable bonds is 20. The number of unbranched alkanes of at least 4 members (excludes halogenated alkanes) is 15. The van der Waals surface area contributed by atoms with E-state index < -0.39 is 24.4 Å². The lowest BCUT2D eigenvalue weighted by Gasteiger charge is -2.36. The maximum absolute atomic E-state index is 10.1. The van der Waals surface area contributed by atoms with Crippen molar-refractivity contribution in [3.8, 4) is 0 Å². The molecule has 184 valence electrons. The number of aliphatic hydroxyl groups excluding tert-OH is 3. The molecule has 0 aromatic heterocycles. The summed E-state index contributed by atoms with van der Waals surface area (Å²) in [5, 5.41) is 29.1. The zero-order valence-electron chi connectivity index (χ0n) is 20.1. The Bertz CT molecular complexity index is 415. The third-order valence-electron chi connectivity index (χ3n) is 6.28. The molecule has 31 heavy (non-hydrogen) atoms. The fourth-order valence-electron chi connectivity index (χ4n) is 4.21. The van der Waals surface area contributed by atoms with E-state index in [0.29, 0.717) is 6.61 Å². The highest BCUT2D eigenvalue weighted by atomic mass is 16.6. The van der Waals surface area contributed by atoms with Crippen LogP contribution in [0.4, 0.5) is 0 Å². The Morgan fingerprint density at radius 1 is 0.774 bits per heavy atom. The van der Waals surface area contributed by atoms with E-state index in [0.717, 1.165) is 6.42 Å². The largest absolute Gasteiger partial charge is 0.394 e. The van der Waals surface area contributed by atoms with Crippen molar-refractivity contribution in [3.63, 3.8) is 0 Å². The van der Waals surface area contributed by atoms with E-state index in [1.807, 2.05) is 6.08 Å². The molecule has 3 N–H and O–H groups in total. The number of hydrogen-bond acceptors (Lipinski definition) is 5. The molecule has 1 aliphatic heterocycles. The summed E-state index contributed by atoms with van der Waals surface area (Å²) in [6.45, 7) is 2.44. The Morgan fingerprint density at radius 2 is 1.29 bits per heavy atom. The average Bonchev–Trinajstić information content (AvgIpc) is 2.77. The number of aliphatic hydroxyl groups is 3. The summed E-state index contributed by atoms with van der Waals surface area (Å²) >= 11 is 0. The fraction of sp³-hybridized carbons (Fsp3) is 0.923. The van der Waals surface area contributed by atoms with Crippen molar-refractivity contribution in [1.82, 2.24) is 0 Å². The zero-order valence-corrected chi connectivity index (χ0v) is 20.1. The first kappa shape index (κ1) is 28.6. The lowest BCUT2D eigenvalue weighted by molar-refractivity contribution is -0.207. The Morgan fingerprint density at radius 3 is 1.81 bits per heavy atom. The van der Waals surface area contributed by atoms with Gasteiger partial charge in [-0.15, -0.1) is 0 Å². The van der Waals surface area contributed by atoms with E-state index in [-0.39, 0.29) is 13.2 Å². The Hall–Kier alpha value is -0.460. The molecule has 1 aliphatic rings. The topological polar surface area (TPSA) is 79.2 Å². The normalized spacial score (nSPS) is 24.3. The quantitative estimate of drug-likeness (QED) is 0.176. The molecule has 1 saturated heterocycles. The van der Waals surface area contributed by atoms with Crippen LogP contribution in [0.1, 0.15) is 110 Å². The molecule has 1 rings (SSSR count). The Balaban J connectivity index is 1.84. The molecule has 0 saturated carbocycles. The highest BCUT2D eigenvalue weighted by molar-refractivity contribution is 4.89. The molecule has 0 aromatic rings. The second-order valence-electron chi connectivity index (χ2n) is 9.12. The van der Waals surface area contributed by atoms with Crippen molar-refractivity contribution in [1.29, 1.82) is 0 Å². The van der Waals surface area contributed by atoms with Crippen LogP contribution in [0.15, 0.2) is 12.2 Å². The van der Waals surface area contributed by atoms with Crippen molar-refractivity contribution in [2.75, 3.05) is 19.8 Å². The molecule has 0 radical (unpaired) electrons. The van der Waals surface area contributed by atoms with Crippen LogP contribution in [0.5, 0.6) is 0 Å². The predicted octanol–water partition coefficient (Wildman–Crippen LogP) is 5.30. The maximum Gasteiger partial charge on any atom is 0.114 e. The van der Waals surface area contributed by atoms with E-state index in [2.05, 4.69) is 13.0 Å². The molecule has 1 heterocycles. The zero-order chi connectivity index (χ0) is 22.6. The van der Waals surface area contributed by atoms with Gasteiger partial charge in [-0.3, -0.25) is 0 Å². The molecule has 0 bridgehead atoms. The lowest BCUT2D eigenvalue weighted by atomic mass is 10.0. The van der Waals surface area contributed by atoms with Crippen molar-refractivity contribution >= 4 is 0 Å². The van der Waals surface area contributed by atoms with Gasteiger partial charge in [-0.05, 0) is 12.8 Å². The van der Waals surface area contributed by atoms with Gasteiger partial charge in [-0.2, -0.15) is 0 Å². The van der Waals surface area contributed by atoms with Crippen LogP contribution in [-0.4, -0.2) is 59.6 Å². The van der Waals surface area contributed by atoms with Crippen molar-refractivity contribution in [2.24, 2.45) is 0 Å².